The van der Waals surface area contributed by atoms with Crippen LogP contribution in [0.25, 0.3) is 0 Å². The van der Waals surface area contributed by atoms with Gasteiger partial charge in [-0.05, 0) is 17.7 Å². The predicted molar refractivity (Wildman–Crippen MR) is 221 cm³/mol. The van der Waals surface area contributed by atoms with E-state index < -0.39 is 4.25 Å². The number of hydrogen-bond acceptors (Lipinski definition) is 6. The van der Waals surface area contributed by atoms with Crippen LogP contribution in [0.15, 0.2) is 125 Å². The van der Waals surface area contributed by atoms with Crippen LogP contribution in [0.5, 0.6) is 5.75 Å². The van der Waals surface area contributed by atoms with Crippen molar-refractivity contribution in [2.45, 2.75) is 70.4 Å². The van der Waals surface area contributed by atoms with Crippen molar-refractivity contribution in [2.75, 3.05) is 26.9 Å². The third kappa shape index (κ3) is 9.43. The van der Waals surface area contributed by atoms with Crippen LogP contribution in [0.2, 0.25) is 0 Å². The number of guanidine groups is 2. The van der Waals surface area contributed by atoms with Gasteiger partial charge in [-0.25, -0.2) is 9.98 Å². The van der Waals surface area contributed by atoms with E-state index in [1.54, 1.807) is 0 Å². The third-order valence-electron chi connectivity index (χ3n) is 9.47. The summed E-state index contributed by atoms with van der Waals surface area (Å²) in [5, 5.41) is 7.44. The minimum Gasteiger partial charge on any atom is -0.370 e. The number of nitrogens with zero attached hydrogens (tertiary/aromatic N) is 3. The summed E-state index contributed by atoms with van der Waals surface area (Å²) in [6, 6.07) is 42.0. The Morgan fingerprint density at radius 2 is 1.08 bits per heavy atom. The molecule has 8 heteroatoms. The molecule has 0 amide bonds. The van der Waals surface area contributed by atoms with Crippen LogP contribution in [-0.4, -0.2) is 43.7 Å². The monoisotopic (exact) mass is 789 g/mol. The number of rotatable bonds is 18. The van der Waals surface area contributed by atoms with E-state index in [-0.39, 0.29) is 6.17 Å². The molecule has 1 atom stereocenters. The first-order valence-electron chi connectivity index (χ1n) is 17.9. The van der Waals surface area contributed by atoms with Gasteiger partial charge in [-0.2, -0.15) is 0 Å². The summed E-state index contributed by atoms with van der Waals surface area (Å²) in [5.74, 6) is 1.97. The summed E-state index contributed by atoms with van der Waals surface area (Å²) < 4.78 is 3.38. The van der Waals surface area contributed by atoms with Crippen molar-refractivity contribution in [3.8, 4) is 5.75 Å². The molecule has 1 aliphatic heterocycles. The molecular formula is C41H53IN5OP. The maximum Gasteiger partial charge on any atom is 0.197 e. The molecule has 0 aromatic heterocycles. The average molecular weight is 790 g/mol. The van der Waals surface area contributed by atoms with Crippen molar-refractivity contribution in [2.24, 2.45) is 15.7 Å². The van der Waals surface area contributed by atoms with E-state index in [9.17, 15) is 0 Å². The largest absolute Gasteiger partial charge is 0.370 e. The molecule has 1 unspecified atom stereocenters. The minimum absolute atomic E-state index is 0.337. The van der Waals surface area contributed by atoms with Gasteiger partial charge in [0, 0.05) is 14.1 Å². The first-order valence-corrected chi connectivity index (χ1v) is 23.1. The van der Waals surface area contributed by atoms with Crippen molar-refractivity contribution in [1.82, 2.24) is 10.2 Å². The van der Waals surface area contributed by atoms with E-state index in [1.807, 2.05) is 43.3 Å². The van der Waals surface area contributed by atoms with Gasteiger partial charge in [0.1, 0.15) is 5.75 Å². The normalized spacial score (nSPS) is 15.3. The van der Waals surface area contributed by atoms with Gasteiger partial charge < -0.3 is 15.4 Å². The SMILES string of the molecule is CN(C)C1=NC(c2ccc(OCCCCCCCCCCCCP(I)(c3ccccc3)(c3ccccc3)c3ccccc3)cc2)N=C(N)N1. The van der Waals surface area contributed by atoms with Gasteiger partial charge in [-0.15, -0.1) is 0 Å². The number of halogens is 1. The number of unbranched alkanes of at least 4 members (excludes halogenated alkanes) is 9. The number of nitrogens with one attached hydrogen (secondary N) is 1. The molecule has 0 aliphatic carbocycles. The summed E-state index contributed by atoms with van der Waals surface area (Å²) in [5.41, 5.74) is 6.94. The zero-order valence-corrected chi connectivity index (χ0v) is 32.2. The second-order valence-corrected chi connectivity index (χ2v) is 24.0. The van der Waals surface area contributed by atoms with Gasteiger partial charge in [-0.1, -0.05) is 12.1 Å². The summed E-state index contributed by atoms with van der Waals surface area (Å²) in [7, 11) is 3.86. The molecule has 1 heterocycles. The fourth-order valence-corrected chi connectivity index (χ4v) is 15.5. The van der Waals surface area contributed by atoms with Crippen molar-refractivity contribution in [3.05, 3.63) is 121 Å². The van der Waals surface area contributed by atoms with Gasteiger partial charge in [0.2, 0.25) is 5.96 Å². The molecule has 1 aliphatic rings. The molecule has 0 saturated heterocycles. The van der Waals surface area contributed by atoms with Crippen LogP contribution in [0.3, 0.4) is 0 Å². The molecular weight excluding hydrogens is 736 g/mol. The maximum absolute atomic E-state index is 6.01. The van der Waals surface area contributed by atoms with E-state index in [1.165, 1.54) is 79.9 Å². The van der Waals surface area contributed by atoms with Crippen LogP contribution in [-0.2, 0) is 0 Å². The smallest absolute Gasteiger partial charge is 0.197 e. The van der Waals surface area contributed by atoms with E-state index in [0.29, 0.717) is 11.9 Å². The average Bonchev–Trinajstić information content (AvgIpc) is 3.14. The number of ether oxygens (including phenoxy) is 1. The molecule has 3 N–H and O–H groups in total. The molecule has 0 saturated carbocycles. The van der Waals surface area contributed by atoms with Gasteiger partial charge >= 0.3 is 210 Å². The van der Waals surface area contributed by atoms with Gasteiger partial charge in [0.25, 0.3) is 0 Å². The minimum atomic E-state index is -2.63. The van der Waals surface area contributed by atoms with E-state index >= 15 is 0 Å². The van der Waals surface area contributed by atoms with E-state index in [2.05, 4.69) is 128 Å². The Morgan fingerprint density at radius 3 is 1.55 bits per heavy atom. The number of benzene rings is 4. The van der Waals surface area contributed by atoms with E-state index in [4.69, 9.17) is 10.5 Å². The number of aliphatic imine (C=N–C) groups is 2. The fraction of sp³-hybridized carbons (Fsp3) is 0.366. The first-order chi connectivity index (χ1) is 23.9. The van der Waals surface area contributed by atoms with Crippen LogP contribution in [0.1, 0.15) is 75.9 Å². The quantitative estimate of drug-likeness (QED) is 0.0602. The summed E-state index contributed by atoms with van der Waals surface area (Å²) in [4.78, 5) is 10.9. The molecule has 4 aromatic carbocycles. The Bertz CT molecular complexity index is 1530. The van der Waals surface area contributed by atoms with Crippen LogP contribution < -0.4 is 31.7 Å². The van der Waals surface area contributed by atoms with Crippen LogP contribution in [0.4, 0.5) is 0 Å². The molecule has 0 bridgehead atoms. The number of hydrogen-bond donors (Lipinski definition) is 2. The first kappa shape index (κ1) is 36.9. The Hall–Kier alpha value is -3.42. The molecule has 6 nitrogen and oxygen atoms in total. The molecule has 49 heavy (non-hydrogen) atoms. The van der Waals surface area contributed by atoms with Crippen molar-refractivity contribution in [3.63, 3.8) is 0 Å². The fourth-order valence-electron chi connectivity index (χ4n) is 6.73. The van der Waals surface area contributed by atoms with Crippen molar-refractivity contribution >= 4 is 54.1 Å². The molecule has 0 radical (unpaired) electrons. The molecule has 260 valence electrons. The standard InChI is InChI=1S/C41H53IN5OP/c1-47(2)41-45-39(44-40(43)46-41)34-28-30-35(31-29-34)48-32-20-9-7-5-3-4-6-8-10-21-33-49(42,36-22-14-11-15-23-36,37-24-16-12-17-25-37)38-26-18-13-19-27-38/h11-19,22-31,39H,3-10,20-21,32-33H2,1-2H3,(H3,43,44,45,46). The van der Waals surface area contributed by atoms with Crippen molar-refractivity contribution < 1.29 is 4.74 Å². The zero-order valence-electron chi connectivity index (χ0n) is 29.2. The van der Waals surface area contributed by atoms with Gasteiger partial charge in [-0.3, -0.25) is 5.32 Å². The topological polar surface area (TPSA) is 75.2 Å². The third-order valence-corrected chi connectivity index (χ3v) is 21.2. The van der Waals surface area contributed by atoms with Crippen LogP contribution in [0, 0.1) is 0 Å². The maximum atomic E-state index is 6.01. The Labute approximate surface area is 307 Å². The predicted octanol–water partition coefficient (Wildman–Crippen LogP) is 8.68. The molecule has 4 aromatic rings. The van der Waals surface area contributed by atoms with E-state index in [0.717, 1.165) is 24.3 Å². The second kappa shape index (κ2) is 18.0. The van der Waals surface area contributed by atoms with Crippen molar-refractivity contribution in [1.29, 1.82) is 0 Å². The Morgan fingerprint density at radius 1 is 0.633 bits per heavy atom. The Kier molecular flexibility index (Phi) is 13.5. The summed E-state index contributed by atoms with van der Waals surface area (Å²) in [6.07, 6.45) is 13.6. The summed E-state index contributed by atoms with van der Waals surface area (Å²) in [6.45, 7) is 0.748. The van der Waals surface area contributed by atoms with Crippen LogP contribution >= 0.6 is 26.3 Å². The second-order valence-electron chi connectivity index (χ2n) is 13.2. The Balaban J connectivity index is 0.989. The molecule has 5 rings (SSSR count). The number of nitrogens with two attached hydrogens (primary N) is 1. The van der Waals surface area contributed by atoms with Gasteiger partial charge in [0.15, 0.2) is 12.1 Å². The zero-order chi connectivity index (χ0) is 34.4. The van der Waals surface area contributed by atoms with Gasteiger partial charge in [0.05, 0.1) is 0 Å². The summed E-state index contributed by atoms with van der Waals surface area (Å²) >= 11 is 2.92. The molecule has 0 fully saturated rings. The molecule has 0 spiro atoms.